The van der Waals surface area contributed by atoms with Crippen LogP contribution < -0.4 is 10.6 Å². The molecule has 0 aliphatic carbocycles. The summed E-state index contributed by atoms with van der Waals surface area (Å²) in [5, 5.41) is 0. The molecule has 2 N–H and O–H groups in total. The summed E-state index contributed by atoms with van der Waals surface area (Å²) in [6, 6.07) is 3.30. The number of hydrogen-bond donors (Lipinski definition) is 1. The number of carbonyl (C=O) groups is 1. The number of anilines is 1. The van der Waals surface area contributed by atoms with Crippen molar-refractivity contribution in [2.45, 2.75) is 6.92 Å². The molecule has 0 bridgehead atoms. The fraction of sp³-hybridized carbons (Fsp3) is 0.300. The van der Waals surface area contributed by atoms with Crippen molar-refractivity contribution in [1.29, 1.82) is 0 Å². The van der Waals surface area contributed by atoms with Gasteiger partial charge in [-0.15, -0.1) is 0 Å². The van der Waals surface area contributed by atoms with Gasteiger partial charge in [-0.25, -0.2) is 8.78 Å². The lowest BCUT2D eigenvalue weighted by Crippen LogP contribution is -2.35. The second kappa shape index (κ2) is 4.84. The highest BCUT2D eigenvalue weighted by molar-refractivity contribution is 5.94. The zero-order valence-electron chi connectivity index (χ0n) is 8.34. The molecule has 3 nitrogen and oxygen atoms in total. The van der Waals surface area contributed by atoms with Crippen molar-refractivity contribution in [2.75, 3.05) is 18.0 Å². The zero-order valence-corrected chi connectivity index (χ0v) is 8.34. The average molecular weight is 214 g/mol. The maximum atomic E-state index is 12.9. The Balaban J connectivity index is 3.02. The van der Waals surface area contributed by atoms with Crippen LogP contribution in [0.2, 0.25) is 0 Å². The second-order valence-electron chi connectivity index (χ2n) is 2.94. The van der Waals surface area contributed by atoms with Crippen LogP contribution in [0.3, 0.4) is 0 Å². The van der Waals surface area contributed by atoms with Gasteiger partial charge < -0.3 is 10.6 Å². The maximum Gasteiger partial charge on any atom is 0.240 e. The SMILES string of the molecule is CCN(C(=O)CN)c1ccc(F)c(F)c1. The van der Waals surface area contributed by atoms with Crippen molar-refractivity contribution in [1.82, 2.24) is 0 Å². The van der Waals surface area contributed by atoms with Gasteiger partial charge in [0.25, 0.3) is 0 Å². The predicted octanol–water partition coefficient (Wildman–Crippen LogP) is 1.28. The molecule has 0 unspecified atom stereocenters. The lowest BCUT2D eigenvalue weighted by molar-refractivity contribution is -0.117. The summed E-state index contributed by atoms with van der Waals surface area (Å²) in [6.07, 6.45) is 0. The molecule has 0 atom stereocenters. The summed E-state index contributed by atoms with van der Waals surface area (Å²) in [6.45, 7) is 1.93. The fourth-order valence-electron chi connectivity index (χ4n) is 1.27. The first kappa shape index (κ1) is 11.6. The number of benzene rings is 1. The van der Waals surface area contributed by atoms with E-state index in [-0.39, 0.29) is 12.5 Å². The standard InChI is InChI=1S/C10H12F2N2O/c1-2-14(10(15)6-13)7-3-4-8(11)9(12)5-7/h3-5H,2,6,13H2,1H3. The topological polar surface area (TPSA) is 46.3 Å². The highest BCUT2D eigenvalue weighted by atomic mass is 19.2. The number of nitrogens with two attached hydrogens (primary N) is 1. The minimum absolute atomic E-state index is 0.160. The number of nitrogens with zero attached hydrogens (tertiary/aromatic N) is 1. The Hall–Kier alpha value is -1.49. The van der Waals surface area contributed by atoms with Crippen molar-refractivity contribution in [3.05, 3.63) is 29.8 Å². The molecule has 0 saturated heterocycles. The molecular formula is C10H12F2N2O. The Morgan fingerprint density at radius 3 is 2.53 bits per heavy atom. The van der Waals surface area contributed by atoms with E-state index in [0.29, 0.717) is 12.2 Å². The molecule has 1 amide bonds. The summed E-state index contributed by atoms with van der Waals surface area (Å²) in [5.41, 5.74) is 5.51. The van der Waals surface area contributed by atoms with E-state index in [1.807, 2.05) is 0 Å². The third-order valence-electron chi connectivity index (χ3n) is 2.01. The number of carbonyl (C=O) groups excluding carboxylic acids is 1. The van der Waals surface area contributed by atoms with Crippen LogP contribution >= 0.6 is 0 Å². The van der Waals surface area contributed by atoms with Gasteiger partial charge in [0.2, 0.25) is 5.91 Å². The van der Waals surface area contributed by atoms with Crippen molar-refractivity contribution in [3.8, 4) is 0 Å². The van der Waals surface area contributed by atoms with Gasteiger partial charge in [-0.05, 0) is 19.1 Å². The van der Waals surface area contributed by atoms with Gasteiger partial charge in [0.15, 0.2) is 11.6 Å². The molecule has 5 heteroatoms. The predicted molar refractivity (Wildman–Crippen MR) is 53.4 cm³/mol. The summed E-state index contributed by atoms with van der Waals surface area (Å²) < 4.78 is 25.5. The Bertz CT molecular complexity index is 368. The van der Waals surface area contributed by atoms with Gasteiger partial charge in [0.1, 0.15) is 0 Å². The monoisotopic (exact) mass is 214 g/mol. The van der Waals surface area contributed by atoms with E-state index >= 15 is 0 Å². The lowest BCUT2D eigenvalue weighted by Gasteiger charge is -2.20. The minimum Gasteiger partial charge on any atom is -0.322 e. The number of halogens is 2. The molecule has 1 aromatic rings. The van der Waals surface area contributed by atoms with Gasteiger partial charge in [0, 0.05) is 18.3 Å². The highest BCUT2D eigenvalue weighted by Crippen LogP contribution is 2.17. The number of likely N-dealkylation sites (N-methyl/N-ethyl adjacent to an activating group) is 1. The van der Waals surface area contributed by atoms with Gasteiger partial charge >= 0.3 is 0 Å². The average Bonchev–Trinajstić information content (AvgIpc) is 2.24. The Labute approximate surface area is 86.5 Å². The van der Waals surface area contributed by atoms with Crippen molar-refractivity contribution in [2.24, 2.45) is 5.73 Å². The summed E-state index contributed by atoms with van der Waals surface area (Å²) in [7, 11) is 0. The highest BCUT2D eigenvalue weighted by Gasteiger charge is 2.13. The molecule has 82 valence electrons. The Morgan fingerprint density at radius 2 is 2.07 bits per heavy atom. The Kier molecular flexibility index (Phi) is 3.74. The molecule has 15 heavy (non-hydrogen) atoms. The largest absolute Gasteiger partial charge is 0.322 e. The summed E-state index contributed by atoms with van der Waals surface area (Å²) in [4.78, 5) is 12.6. The zero-order chi connectivity index (χ0) is 11.4. The summed E-state index contributed by atoms with van der Waals surface area (Å²) >= 11 is 0. The van der Waals surface area contributed by atoms with Gasteiger partial charge in [-0.2, -0.15) is 0 Å². The van der Waals surface area contributed by atoms with Crippen molar-refractivity contribution in [3.63, 3.8) is 0 Å². The van der Waals surface area contributed by atoms with Crippen molar-refractivity contribution < 1.29 is 13.6 Å². The third kappa shape index (κ3) is 2.50. The summed E-state index contributed by atoms with van der Waals surface area (Å²) in [5.74, 6) is -2.24. The van der Waals surface area contributed by atoms with Crippen LogP contribution in [0.25, 0.3) is 0 Å². The van der Waals surface area contributed by atoms with E-state index < -0.39 is 11.6 Å². The van der Waals surface area contributed by atoms with Crippen LogP contribution in [0.15, 0.2) is 18.2 Å². The smallest absolute Gasteiger partial charge is 0.240 e. The van der Waals surface area contributed by atoms with Crippen molar-refractivity contribution >= 4 is 11.6 Å². The molecule has 0 saturated carbocycles. The van der Waals surface area contributed by atoms with Crippen LogP contribution in [0, 0.1) is 11.6 Å². The molecular weight excluding hydrogens is 202 g/mol. The van der Waals surface area contributed by atoms with E-state index in [2.05, 4.69) is 0 Å². The van der Waals surface area contributed by atoms with Crippen LogP contribution in [0.4, 0.5) is 14.5 Å². The molecule has 0 heterocycles. The molecule has 0 radical (unpaired) electrons. The second-order valence-corrected chi connectivity index (χ2v) is 2.94. The van der Waals surface area contributed by atoms with E-state index in [9.17, 15) is 13.6 Å². The molecule has 0 aliphatic heterocycles. The molecule has 0 aromatic heterocycles. The van der Waals surface area contributed by atoms with Crippen LogP contribution in [-0.4, -0.2) is 19.0 Å². The minimum atomic E-state index is -0.976. The first-order valence-corrected chi connectivity index (χ1v) is 4.55. The first-order chi connectivity index (χ1) is 7.10. The molecule has 1 aromatic carbocycles. The van der Waals surface area contributed by atoms with Gasteiger partial charge in [-0.1, -0.05) is 0 Å². The Morgan fingerprint density at radius 1 is 1.40 bits per heavy atom. The molecule has 0 fully saturated rings. The van der Waals surface area contributed by atoms with Gasteiger partial charge in [0.05, 0.1) is 6.54 Å². The van der Waals surface area contributed by atoms with E-state index in [1.54, 1.807) is 6.92 Å². The molecule has 0 aliphatic rings. The van der Waals surface area contributed by atoms with Crippen LogP contribution in [-0.2, 0) is 4.79 Å². The van der Waals surface area contributed by atoms with E-state index in [1.165, 1.54) is 11.0 Å². The third-order valence-corrected chi connectivity index (χ3v) is 2.01. The number of amides is 1. The quantitative estimate of drug-likeness (QED) is 0.823. The molecule has 1 rings (SSSR count). The maximum absolute atomic E-state index is 12.9. The normalized spacial score (nSPS) is 10.1. The van der Waals surface area contributed by atoms with Crippen LogP contribution in [0.1, 0.15) is 6.92 Å². The lowest BCUT2D eigenvalue weighted by atomic mass is 10.2. The van der Waals surface area contributed by atoms with Gasteiger partial charge in [-0.3, -0.25) is 4.79 Å². The van der Waals surface area contributed by atoms with E-state index in [4.69, 9.17) is 5.73 Å². The number of hydrogen-bond acceptors (Lipinski definition) is 2. The molecule has 0 spiro atoms. The number of rotatable bonds is 3. The first-order valence-electron chi connectivity index (χ1n) is 4.55. The van der Waals surface area contributed by atoms with E-state index in [0.717, 1.165) is 12.1 Å². The van der Waals surface area contributed by atoms with Crippen LogP contribution in [0.5, 0.6) is 0 Å². The fourth-order valence-corrected chi connectivity index (χ4v) is 1.27.